The summed E-state index contributed by atoms with van der Waals surface area (Å²) in [6, 6.07) is 4.78. The molecule has 0 amide bonds. The Kier molecular flexibility index (Phi) is 7.07. The number of rotatable bonds is 9. The highest BCUT2D eigenvalue weighted by molar-refractivity contribution is 5.81. The summed E-state index contributed by atoms with van der Waals surface area (Å²) in [7, 11) is 2.98. The molecular formula is C14H19FO4. The maximum absolute atomic E-state index is 13.8. The normalized spacial score (nSPS) is 10.5. The Morgan fingerprint density at radius 1 is 1.21 bits per heavy atom. The molecule has 1 rings (SSSR count). The first kappa shape index (κ1) is 15.6. The number of carbonyl (C=O) groups excluding carboxylic acids is 1. The number of carbonyl (C=O) groups is 1. The predicted molar refractivity (Wildman–Crippen MR) is 69.0 cm³/mol. The van der Waals surface area contributed by atoms with Crippen molar-refractivity contribution in [3.8, 4) is 5.75 Å². The van der Waals surface area contributed by atoms with E-state index in [1.54, 1.807) is 19.2 Å². The number of hydrogen-bond donors (Lipinski definition) is 0. The molecule has 19 heavy (non-hydrogen) atoms. The van der Waals surface area contributed by atoms with E-state index >= 15 is 0 Å². The summed E-state index contributed by atoms with van der Waals surface area (Å²) in [5.74, 6) is -0.384. The van der Waals surface area contributed by atoms with Gasteiger partial charge in [-0.3, -0.25) is 4.79 Å². The second kappa shape index (κ2) is 8.61. The van der Waals surface area contributed by atoms with Crippen molar-refractivity contribution in [2.45, 2.75) is 12.8 Å². The van der Waals surface area contributed by atoms with E-state index in [1.807, 2.05) is 0 Å². The molecule has 0 unspecified atom stereocenters. The van der Waals surface area contributed by atoms with Crippen molar-refractivity contribution in [1.29, 1.82) is 0 Å². The predicted octanol–water partition coefficient (Wildman–Crippen LogP) is 2.00. The molecule has 106 valence electrons. The lowest BCUT2D eigenvalue weighted by atomic mass is 10.1. The van der Waals surface area contributed by atoms with Crippen LogP contribution in [0, 0.1) is 5.82 Å². The summed E-state index contributed by atoms with van der Waals surface area (Å²) in [4.78, 5) is 11.7. The topological polar surface area (TPSA) is 44.8 Å². The van der Waals surface area contributed by atoms with Crippen molar-refractivity contribution in [2.24, 2.45) is 0 Å². The molecule has 1 aromatic rings. The molecular weight excluding hydrogens is 251 g/mol. The lowest BCUT2D eigenvalue weighted by Gasteiger charge is -2.07. The Balaban J connectivity index is 2.40. The van der Waals surface area contributed by atoms with Crippen LogP contribution in [0.5, 0.6) is 5.75 Å². The van der Waals surface area contributed by atoms with Gasteiger partial charge in [-0.15, -0.1) is 0 Å². The van der Waals surface area contributed by atoms with Crippen molar-refractivity contribution in [3.63, 3.8) is 0 Å². The molecule has 0 bridgehead atoms. The van der Waals surface area contributed by atoms with Gasteiger partial charge in [-0.1, -0.05) is 12.1 Å². The van der Waals surface area contributed by atoms with Crippen LogP contribution in [0.25, 0.3) is 0 Å². The third-order valence-electron chi connectivity index (χ3n) is 2.61. The number of hydrogen-bond acceptors (Lipinski definition) is 4. The van der Waals surface area contributed by atoms with Gasteiger partial charge in [0, 0.05) is 20.0 Å². The molecule has 1 aromatic carbocycles. The number of methoxy groups -OCH3 is 2. The first-order valence-corrected chi connectivity index (χ1v) is 6.08. The van der Waals surface area contributed by atoms with E-state index < -0.39 is 5.82 Å². The lowest BCUT2D eigenvalue weighted by molar-refractivity contribution is -0.119. The highest BCUT2D eigenvalue weighted by atomic mass is 19.1. The molecule has 0 aliphatic heterocycles. The third-order valence-corrected chi connectivity index (χ3v) is 2.61. The third kappa shape index (κ3) is 5.36. The van der Waals surface area contributed by atoms with Gasteiger partial charge in [-0.05, 0) is 11.6 Å². The summed E-state index contributed by atoms with van der Waals surface area (Å²) in [5.41, 5.74) is 0.348. The van der Waals surface area contributed by atoms with Crippen LogP contribution in [0.3, 0.4) is 0 Å². The molecule has 0 radical (unpaired) electrons. The zero-order chi connectivity index (χ0) is 14.1. The van der Waals surface area contributed by atoms with Crippen molar-refractivity contribution in [1.82, 2.24) is 0 Å². The van der Waals surface area contributed by atoms with E-state index in [4.69, 9.17) is 14.2 Å². The van der Waals surface area contributed by atoms with Crippen molar-refractivity contribution >= 4 is 5.78 Å². The fourth-order valence-corrected chi connectivity index (χ4v) is 1.58. The average Bonchev–Trinajstić information content (AvgIpc) is 2.41. The van der Waals surface area contributed by atoms with E-state index in [-0.39, 0.29) is 24.4 Å². The van der Waals surface area contributed by atoms with Crippen LogP contribution in [-0.4, -0.2) is 39.8 Å². The van der Waals surface area contributed by atoms with Gasteiger partial charge in [0.15, 0.2) is 11.6 Å². The number of Topliss-reactive ketones (excluding diaryl/α,β-unsaturated/α-hetero) is 1. The van der Waals surface area contributed by atoms with Crippen LogP contribution in [0.15, 0.2) is 18.2 Å². The van der Waals surface area contributed by atoms with Gasteiger partial charge in [0.2, 0.25) is 0 Å². The fourth-order valence-electron chi connectivity index (χ4n) is 1.58. The van der Waals surface area contributed by atoms with E-state index in [0.29, 0.717) is 25.4 Å². The molecule has 0 N–H and O–H groups in total. The minimum atomic E-state index is -0.473. The molecule has 0 aliphatic carbocycles. The van der Waals surface area contributed by atoms with Gasteiger partial charge in [0.1, 0.15) is 5.78 Å². The Morgan fingerprint density at radius 3 is 2.68 bits per heavy atom. The average molecular weight is 270 g/mol. The zero-order valence-corrected chi connectivity index (χ0v) is 11.3. The minimum absolute atomic E-state index is 0.0523. The summed E-state index contributed by atoms with van der Waals surface area (Å²) in [5, 5.41) is 0. The van der Waals surface area contributed by atoms with Crippen LogP contribution in [0.2, 0.25) is 0 Å². The summed E-state index contributed by atoms with van der Waals surface area (Å²) in [6.45, 7) is 1.28. The summed E-state index contributed by atoms with van der Waals surface area (Å²) < 4.78 is 28.7. The molecule has 5 heteroatoms. The quantitative estimate of drug-likeness (QED) is 0.644. The molecule has 0 spiro atoms. The van der Waals surface area contributed by atoms with Crippen LogP contribution < -0.4 is 4.74 Å². The molecule has 0 atom stereocenters. The number of halogens is 1. The summed E-state index contributed by atoms with van der Waals surface area (Å²) in [6.07, 6.45) is 0.317. The van der Waals surface area contributed by atoms with E-state index in [1.165, 1.54) is 13.2 Å². The maximum Gasteiger partial charge on any atom is 0.168 e. The van der Waals surface area contributed by atoms with Crippen molar-refractivity contribution in [3.05, 3.63) is 29.6 Å². The number of ether oxygens (including phenoxy) is 3. The van der Waals surface area contributed by atoms with Crippen LogP contribution in [-0.2, 0) is 20.7 Å². The Bertz CT molecular complexity index is 406. The minimum Gasteiger partial charge on any atom is -0.494 e. The Labute approximate surface area is 112 Å². The maximum atomic E-state index is 13.8. The second-order valence-electron chi connectivity index (χ2n) is 4.00. The molecule has 0 saturated heterocycles. The van der Waals surface area contributed by atoms with Crippen LogP contribution in [0.1, 0.15) is 12.0 Å². The van der Waals surface area contributed by atoms with Gasteiger partial charge < -0.3 is 14.2 Å². The fraction of sp³-hybridized carbons (Fsp3) is 0.500. The molecule has 0 saturated carbocycles. The van der Waals surface area contributed by atoms with E-state index in [9.17, 15) is 9.18 Å². The van der Waals surface area contributed by atoms with Gasteiger partial charge in [-0.2, -0.15) is 0 Å². The number of benzene rings is 1. The first-order valence-electron chi connectivity index (χ1n) is 6.08. The molecule has 4 nitrogen and oxygen atoms in total. The van der Waals surface area contributed by atoms with Crippen LogP contribution in [0.4, 0.5) is 4.39 Å². The Hall–Kier alpha value is -1.46. The Morgan fingerprint density at radius 2 is 2.00 bits per heavy atom. The molecule has 0 aromatic heterocycles. The largest absolute Gasteiger partial charge is 0.494 e. The smallest absolute Gasteiger partial charge is 0.168 e. The first-order chi connectivity index (χ1) is 9.19. The standard InChI is InChI=1S/C14H19FO4/c1-17-8-9-19-7-6-12(16)10-11-4-3-5-13(18-2)14(11)15/h3-5H,6-10H2,1-2H3. The van der Waals surface area contributed by atoms with Gasteiger partial charge >= 0.3 is 0 Å². The van der Waals surface area contributed by atoms with Crippen LogP contribution >= 0.6 is 0 Å². The monoisotopic (exact) mass is 270 g/mol. The molecule has 0 heterocycles. The zero-order valence-electron chi connectivity index (χ0n) is 11.3. The van der Waals surface area contributed by atoms with Gasteiger partial charge in [-0.25, -0.2) is 4.39 Å². The van der Waals surface area contributed by atoms with Crippen molar-refractivity contribution in [2.75, 3.05) is 34.0 Å². The highest BCUT2D eigenvalue weighted by Crippen LogP contribution is 2.20. The highest BCUT2D eigenvalue weighted by Gasteiger charge is 2.11. The van der Waals surface area contributed by atoms with E-state index in [0.717, 1.165) is 0 Å². The SMILES string of the molecule is COCCOCCC(=O)Cc1cccc(OC)c1F. The lowest BCUT2D eigenvalue weighted by Crippen LogP contribution is -2.10. The van der Waals surface area contributed by atoms with Crippen molar-refractivity contribution < 1.29 is 23.4 Å². The van der Waals surface area contributed by atoms with Gasteiger partial charge in [0.05, 0.1) is 26.9 Å². The molecule has 0 fully saturated rings. The second-order valence-corrected chi connectivity index (χ2v) is 4.00. The van der Waals surface area contributed by atoms with E-state index in [2.05, 4.69) is 0 Å². The molecule has 0 aliphatic rings. The number of ketones is 1. The summed E-state index contributed by atoms with van der Waals surface area (Å²) >= 11 is 0. The van der Waals surface area contributed by atoms with Gasteiger partial charge in [0.25, 0.3) is 0 Å².